The highest BCUT2D eigenvalue weighted by Crippen LogP contribution is 2.17. The molecule has 0 radical (unpaired) electrons. The van der Waals surface area contributed by atoms with Crippen LogP contribution in [0.1, 0.15) is 24.5 Å². The molecule has 0 saturated heterocycles. The molecule has 2 rings (SSSR count). The summed E-state index contributed by atoms with van der Waals surface area (Å²) >= 11 is 0. The molecule has 0 aliphatic carbocycles. The van der Waals surface area contributed by atoms with Gasteiger partial charge < -0.3 is 10.9 Å². The Morgan fingerprint density at radius 2 is 1.89 bits per heavy atom. The van der Waals surface area contributed by atoms with Crippen LogP contribution in [-0.2, 0) is 12.8 Å². The van der Waals surface area contributed by atoms with Crippen molar-refractivity contribution in [2.45, 2.75) is 32.2 Å². The lowest BCUT2D eigenvalue weighted by atomic mass is 10.0. The van der Waals surface area contributed by atoms with E-state index in [1.807, 2.05) is 0 Å². The zero-order valence-electron chi connectivity index (χ0n) is 10.8. The maximum atomic E-state index is 8.62. The highest BCUT2D eigenvalue weighted by molar-refractivity contribution is 5.80. The summed E-state index contributed by atoms with van der Waals surface area (Å²) in [6.07, 6.45) is 2.78. The van der Waals surface area contributed by atoms with E-state index in [0.29, 0.717) is 18.3 Å². The van der Waals surface area contributed by atoms with Gasteiger partial charge in [-0.15, -0.1) is 0 Å². The Morgan fingerprint density at radius 3 is 2.39 bits per heavy atom. The molecule has 0 spiro atoms. The summed E-state index contributed by atoms with van der Waals surface area (Å²) in [7, 11) is 0. The fourth-order valence-electron chi connectivity index (χ4n) is 2.60. The number of oxime groups is 1. The molecule has 18 heavy (non-hydrogen) atoms. The van der Waals surface area contributed by atoms with Crippen LogP contribution in [0.4, 0.5) is 0 Å². The minimum absolute atomic E-state index is 0.310. The second-order valence-electron chi connectivity index (χ2n) is 4.95. The zero-order valence-corrected chi connectivity index (χ0v) is 10.8. The summed E-state index contributed by atoms with van der Waals surface area (Å²) < 4.78 is 0. The molecule has 4 heteroatoms. The molecule has 4 nitrogen and oxygen atoms in total. The number of fused-ring (bicyclic) bond motifs is 1. The molecule has 0 fully saturated rings. The number of nitrogens with two attached hydrogens (primary N) is 1. The third-order valence-electron chi connectivity index (χ3n) is 3.71. The molecular weight excluding hydrogens is 226 g/mol. The van der Waals surface area contributed by atoms with Gasteiger partial charge in [0.05, 0.1) is 0 Å². The van der Waals surface area contributed by atoms with E-state index in [1.165, 1.54) is 11.1 Å². The fraction of sp³-hybridized carbons (Fsp3) is 0.500. The quantitative estimate of drug-likeness (QED) is 0.369. The van der Waals surface area contributed by atoms with Gasteiger partial charge in [-0.3, -0.25) is 4.90 Å². The normalized spacial score (nSPS) is 19.1. The summed E-state index contributed by atoms with van der Waals surface area (Å²) in [6, 6.07) is 8.96. The molecule has 1 aromatic carbocycles. The largest absolute Gasteiger partial charge is 0.409 e. The summed E-state index contributed by atoms with van der Waals surface area (Å²) in [5.74, 6) is 0.310. The smallest absolute Gasteiger partial charge is 0.140 e. The van der Waals surface area contributed by atoms with Crippen LogP contribution in [0.5, 0.6) is 0 Å². The molecule has 0 bridgehead atoms. The maximum Gasteiger partial charge on any atom is 0.140 e. The Labute approximate surface area is 108 Å². The molecule has 1 aliphatic rings. The topological polar surface area (TPSA) is 61.9 Å². The second kappa shape index (κ2) is 5.87. The lowest BCUT2D eigenvalue weighted by molar-refractivity contribution is 0.221. The van der Waals surface area contributed by atoms with E-state index in [-0.39, 0.29) is 0 Å². The number of amidine groups is 1. The predicted molar refractivity (Wildman–Crippen MR) is 72.9 cm³/mol. The van der Waals surface area contributed by atoms with Gasteiger partial charge >= 0.3 is 0 Å². The van der Waals surface area contributed by atoms with Crippen molar-refractivity contribution in [3.05, 3.63) is 35.4 Å². The first-order valence-corrected chi connectivity index (χ1v) is 6.48. The van der Waals surface area contributed by atoms with Crippen LogP contribution < -0.4 is 5.73 Å². The van der Waals surface area contributed by atoms with Gasteiger partial charge in [-0.2, -0.15) is 0 Å². The lowest BCUT2D eigenvalue weighted by Gasteiger charge is -2.27. The molecule has 98 valence electrons. The van der Waals surface area contributed by atoms with E-state index in [2.05, 4.69) is 41.2 Å². The molecule has 1 aliphatic heterocycles. The number of hydrogen-bond acceptors (Lipinski definition) is 3. The van der Waals surface area contributed by atoms with E-state index in [1.54, 1.807) is 0 Å². The first kappa shape index (κ1) is 12.9. The third kappa shape index (κ3) is 3.01. The van der Waals surface area contributed by atoms with E-state index in [0.717, 1.165) is 25.9 Å². The van der Waals surface area contributed by atoms with Crippen molar-refractivity contribution in [2.24, 2.45) is 10.9 Å². The van der Waals surface area contributed by atoms with Crippen LogP contribution in [0.15, 0.2) is 29.4 Å². The van der Waals surface area contributed by atoms with Crippen molar-refractivity contribution in [3.8, 4) is 0 Å². The zero-order chi connectivity index (χ0) is 13.0. The molecule has 0 saturated carbocycles. The third-order valence-corrected chi connectivity index (χ3v) is 3.71. The Bertz CT molecular complexity index is 404. The Morgan fingerprint density at radius 1 is 1.33 bits per heavy atom. The Hall–Kier alpha value is -1.55. The van der Waals surface area contributed by atoms with Gasteiger partial charge in [-0.25, -0.2) is 0 Å². The average Bonchev–Trinajstić information content (AvgIpc) is 2.61. The average molecular weight is 247 g/mol. The highest BCUT2D eigenvalue weighted by atomic mass is 16.4. The molecule has 0 aromatic heterocycles. The first-order valence-electron chi connectivity index (χ1n) is 6.48. The summed E-state index contributed by atoms with van der Waals surface area (Å²) in [5.41, 5.74) is 8.49. The fourth-order valence-corrected chi connectivity index (χ4v) is 2.60. The molecule has 1 atom stereocenters. The van der Waals surface area contributed by atoms with Crippen LogP contribution >= 0.6 is 0 Å². The SMILES string of the molecule is CC(CC(N)=NO)N1CCc2ccccc2CC1. The van der Waals surface area contributed by atoms with Crippen LogP contribution in [0.25, 0.3) is 0 Å². The summed E-state index contributed by atoms with van der Waals surface area (Å²) in [4.78, 5) is 2.41. The summed E-state index contributed by atoms with van der Waals surface area (Å²) in [5, 5.41) is 11.7. The highest BCUT2D eigenvalue weighted by Gasteiger charge is 2.19. The van der Waals surface area contributed by atoms with Gasteiger partial charge in [0.2, 0.25) is 0 Å². The lowest BCUT2D eigenvalue weighted by Crippen LogP contribution is -2.38. The van der Waals surface area contributed by atoms with Crippen LogP contribution in [0.2, 0.25) is 0 Å². The molecule has 1 unspecified atom stereocenters. The van der Waals surface area contributed by atoms with E-state index in [4.69, 9.17) is 10.9 Å². The van der Waals surface area contributed by atoms with Gasteiger partial charge in [0.15, 0.2) is 0 Å². The van der Waals surface area contributed by atoms with Gasteiger partial charge in [0, 0.05) is 25.6 Å². The molecular formula is C14H21N3O. The first-order chi connectivity index (χ1) is 8.70. The molecule has 1 aromatic rings. The van der Waals surface area contributed by atoms with Crippen molar-refractivity contribution in [1.29, 1.82) is 0 Å². The van der Waals surface area contributed by atoms with Crippen molar-refractivity contribution in [3.63, 3.8) is 0 Å². The van der Waals surface area contributed by atoms with E-state index >= 15 is 0 Å². The monoisotopic (exact) mass is 247 g/mol. The van der Waals surface area contributed by atoms with Crippen LogP contribution in [-0.4, -0.2) is 35.1 Å². The molecule has 0 amide bonds. The predicted octanol–water partition coefficient (Wildman–Crippen LogP) is 1.61. The number of rotatable bonds is 3. The minimum Gasteiger partial charge on any atom is -0.409 e. The van der Waals surface area contributed by atoms with E-state index in [9.17, 15) is 0 Å². The van der Waals surface area contributed by atoms with Gasteiger partial charge in [0.25, 0.3) is 0 Å². The van der Waals surface area contributed by atoms with Crippen LogP contribution in [0.3, 0.4) is 0 Å². The molecule has 3 N–H and O–H groups in total. The second-order valence-corrected chi connectivity index (χ2v) is 4.95. The Balaban J connectivity index is 1.99. The van der Waals surface area contributed by atoms with Crippen molar-refractivity contribution in [2.75, 3.05) is 13.1 Å². The van der Waals surface area contributed by atoms with Crippen LogP contribution in [0, 0.1) is 0 Å². The van der Waals surface area contributed by atoms with Gasteiger partial charge in [-0.05, 0) is 30.9 Å². The number of benzene rings is 1. The number of nitrogens with zero attached hydrogens (tertiary/aromatic N) is 2. The Kier molecular flexibility index (Phi) is 4.20. The minimum atomic E-state index is 0.310. The van der Waals surface area contributed by atoms with Gasteiger partial charge in [0.1, 0.15) is 5.84 Å². The standard InChI is InChI=1S/C14H21N3O/c1-11(10-14(15)16-18)17-8-6-12-4-2-3-5-13(12)7-9-17/h2-5,11,18H,6-10H2,1H3,(H2,15,16). The maximum absolute atomic E-state index is 8.62. The summed E-state index contributed by atoms with van der Waals surface area (Å²) in [6.45, 7) is 4.21. The van der Waals surface area contributed by atoms with E-state index < -0.39 is 0 Å². The molecule has 1 heterocycles. The van der Waals surface area contributed by atoms with Crippen molar-refractivity contribution >= 4 is 5.84 Å². The van der Waals surface area contributed by atoms with Crippen molar-refractivity contribution in [1.82, 2.24) is 4.90 Å². The number of hydrogen-bond donors (Lipinski definition) is 2. The van der Waals surface area contributed by atoms with Gasteiger partial charge in [-0.1, -0.05) is 29.4 Å². The van der Waals surface area contributed by atoms with Crippen molar-refractivity contribution < 1.29 is 5.21 Å².